The highest BCUT2D eigenvalue weighted by Crippen LogP contribution is 2.54. The van der Waals surface area contributed by atoms with Gasteiger partial charge in [0.05, 0.1) is 18.1 Å². The lowest BCUT2D eigenvalue weighted by atomic mass is 10.2. The van der Waals surface area contributed by atoms with Crippen molar-refractivity contribution in [3.63, 3.8) is 0 Å². The summed E-state index contributed by atoms with van der Waals surface area (Å²) in [5.74, 6) is -1.21. The Bertz CT molecular complexity index is 632. The number of hydrogen-bond acceptors (Lipinski definition) is 5. The Morgan fingerprint density at radius 3 is 1.96 bits per heavy atom. The molecule has 0 saturated carbocycles. The highest BCUT2D eigenvalue weighted by Gasteiger charge is 2.40. The number of benzene rings is 1. The Morgan fingerprint density at radius 2 is 1.57 bits per heavy atom. The van der Waals surface area contributed by atoms with Crippen LogP contribution in [0, 0.1) is 12.8 Å². The minimum Gasteiger partial charge on any atom is -0.308 e. The van der Waals surface area contributed by atoms with Crippen molar-refractivity contribution in [2.24, 2.45) is 5.92 Å². The van der Waals surface area contributed by atoms with Crippen LogP contribution in [-0.2, 0) is 23.6 Å². The standard InChI is InChI=1S/C15H26NO5PS/c1-6-20-22(17,21-7-2)15(12(3)4)16-23(18,19)14-10-8-13(5)9-11-14/h8-12,15-16H,6-7H2,1-5H3. The quantitative estimate of drug-likeness (QED) is 0.679. The van der Waals surface area contributed by atoms with Gasteiger partial charge in [-0.1, -0.05) is 31.5 Å². The summed E-state index contributed by atoms with van der Waals surface area (Å²) < 4.78 is 51.2. The van der Waals surface area contributed by atoms with E-state index in [-0.39, 0.29) is 24.0 Å². The second kappa shape index (κ2) is 8.40. The van der Waals surface area contributed by atoms with Crippen LogP contribution in [0.25, 0.3) is 0 Å². The van der Waals surface area contributed by atoms with Crippen molar-refractivity contribution >= 4 is 17.6 Å². The zero-order valence-corrected chi connectivity index (χ0v) is 16.0. The van der Waals surface area contributed by atoms with Crippen molar-refractivity contribution in [2.75, 3.05) is 13.2 Å². The zero-order valence-electron chi connectivity index (χ0n) is 14.3. The summed E-state index contributed by atoms with van der Waals surface area (Å²) in [5.41, 5.74) is 0.957. The van der Waals surface area contributed by atoms with Crippen LogP contribution in [0.2, 0.25) is 0 Å². The molecule has 0 bridgehead atoms. The minimum absolute atomic E-state index is 0.119. The third-order valence-corrected chi connectivity index (χ3v) is 7.47. The molecule has 0 amide bonds. The molecule has 23 heavy (non-hydrogen) atoms. The molecule has 0 saturated heterocycles. The zero-order chi connectivity index (χ0) is 17.7. The molecular weight excluding hydrogens is 337 g/mol. The van der Waals surface area contributed by atoms with E-state index in [1.807, 2.05) is 6.92 Å². The van der Waals surface area contributed by atoms with Crippen LogP contribution < -0.4 is 4.72 Å². The van der Waals surface area contributed by atoms with E-state index in [1.165, 1.54) is 12.1 Å². The number of aryl methyl sites for hydroxylation is 1. The average molecular weight is 363 g/mol. The minimum atomic E-state index is -3.82. The van der Waals surface area contributed by atoms with Crippen molar-refractivity contribution < 1.29 is 22.0 Å². The summed E-state index contributed by atoms with van der Waals surface area (Å²) in [6.07, 6.45) is 0. The van der Waals surface area contributed by atoms with E-state index in [0.29, 0.717) is 0 Å². The van der Waals surface area contributed by atoms with Gasteiger partial charge < -0.3 is 9.05 Å². The number of nitrogens with one attached hydrogen (secondary N) is 1. The van der Waals surface area contributed by atoms with Crippen LogP contribution in [0.4, 0.5) is 0 Å². The van der Waals surface area contributed by atoms with Crippen LogP contribution >= 0.6 is 7.60 Å². The first kappa shape index (κ1) is 20.3. The Balaban J connectivity index is 3.16. The fraction of sp³-hybridized carbons (Fsp3) is 0.600. The third kappa shape index (κ3) is 5.40. The Morgan fingerprint density at radius 1 is 1.09 bits per heavy atom. The molecule has 0 spiro atoms. The molecule has 0 heterocycles. The Labute approximate surface area is 139 Å². The molecule has 1 N–H and O–H groups in total. The lowest BCUT2D eigenvalue weighted by Gasteiger charge is -2.29. The van der Waals surface area contributed by atoms with Crippen LogP contribution in [0.5, 0.6) is 0 Å². The molecule has 0 fully saturated rings. The second-order valence-electron chi connectivity index (χ2n) is 5.50. The first-order valence-electron chi connectivity index (χ1n) is 7.64. The number of rotatable bonds is 9. The van der Waals surface area contributed by atoms with Crippen molar-refractivity contribution in [2.45, 2.75) is 45.3 Å². The molecule has 6 nitrogen and oxygen atoms in total. The molecule has 0 aliphatic heterocycles. The first-order chi connectivity index (χ1) is 10.7. The van der Waals surface area contributed by atoms with Gasteiger partial charge in [-0.2, -0.15) is 4.72 Å². The van der Waals surface area contributed by atoms with Gasteiger partial charge in [0.15, 0.2) is 0 Å². The maximum absolute atomic E-state index is 12.9. The van der Waals surface area contributed by atoms with Crippen LogP contribution in [0.1, 0.15) is 33.3 Å². The van der Waals surface area contributed by atoms with E-state index in [2.05, 4.69) is 4.72 Å². The molecule has 1 aromatic rings. The molecule has 132 valence electrons. The first-order valence-corrected chi connectivity index (χ1v) is 10.7. The Hall–Kier alpha value is -0.720. The summed E-state index contributed by atoms with van der Waals surface area (Å²) in [6.45, 7) is 9.15. The summed E-state index contributed by atoms with van der Waals surface area (Å²) in [5, 5.41) is 0. The van der Waals surface area contributed by atoms with E-state index >= 15 is 0 Å². The molecule has 0 aliphatic rings. The highest BCUT2D eigenvalue weighted by atomic mass is 32.2. The van der Waals surface area contributed by atoms with Crippen LogP contribution in [-0.4, -0.2) is 27.4 Å². The second-order valence-corrected chi connectivity index (χ2v) is 9.36. The molecule has 1 atom stereocenters. The summed E-state index contributed by atoms with van der Waals surface area (Å²) in [4.78, 5) is 0.119. The topological polar surface area (TPSA) is 81.7 Å². The predicted molar refractivity (Wildman–Crippen MR) is 91.0 cm³/mol. The summed E-state index contributed by atoms with van der Waals surface area (Å²) in [6, 6.07) is 6.45. The molecule has 1 aromatic carbocycles. The summed E-state index contributed by atoms with van der Waals surface area (Å²) >= 11 is 0. The SMILES string of the molecule is CCOP(=O)(OCC)C(NS(=O)(=O)c1ccc(C)cc1)C(C)C. The van der Waals surface area contributed by atoms with Crippen molar-refractivity contribution in [3.8, 4) is 0 Å². The monoisotopic (exact) mass is 363 g/mol. The van der Waals surface area contributed by atoms with Gasteiger partial charge in [-0.15, -0.1) is 0 Å². The average Bonchev–Trinajstić information content (AvgIpc) is 2.45. The highest BCUT2D eigenvalue weighted by molar-refractivity contribution is 7.89. The van der Waals surface area contributed by atoms with Crippen molar-refractivity contribution in [3.05, 3.63) is 29.8 Å². The third-order valence-electron chi connectivity index (χ3n) is 3.20. The lowest BCUT2D eigenvalue weighted by molar-refractivity contribution is 0.203. The fourth-order valence-corrected chi connectivity index (χ4v) is 6.07. The van der Waals surface area contributed by atoms with Crippen molar-refractivity contribution in [1.29, 1.82) is 0 Å². The molecule has 8 heteroatoms. The normalized spacial score (nSPS) is 14.2. The van der Waals surface area contributed by atoms with Gasteiger partial charge in [0, 0.05) is 0 Å². The van der Waals surface area contributed by atoms with E-state index in [4.69, 9.17) is 9.05 Å². The van der Waals surface area contributed by atoms with E-state index in [1.54, 1.807) is 39.8 Å². The van der Waals surface area contributed by atoms with Gasteiger partial charge in [0.1, 0.15) is 5.78 Å². The van der Waals surface area contributed by atoms with Gasteiger partial charge in [0.2, 0.25) is 10.0 Å². The predicted octanol–water partition coefficient (Wildman–Crippen LogP) is 3.52. The number of hydrogen-bond donors (Lipinski definition) is 1. The summed E-state index contributed by atoms with van der Waals surface area (Å²) in [7, 11) is -7.43. The maximum Gasteiger partial charge on any atom is 0.348 e. The Kier molecular flexibility index (Phi) is 7.42. The van der Waals surface area contributed by atoms with Gasteiger partial charge in [-0.3, -0.25) is 4.57 Å². The van der Waals surface area contributed by atoms with Crippen molar-refractivity contribution in [1.82, 2.24) is 4.72 Å². The maximum atomic E-state index is 12.9. The van der Waals surface area contributed by atoms with Crippen LogP contribution in [0.15, 0.2) is 29.2 Å². The van der Waals surface area contributed by atoms with Gasteiger partial charge >= 0.3 is 7.60 Å². The van der Waals surface area contributed by atoms with Gasteiger partial charge in [-0.25, -0.2) is 8.42 Å². The molecule has 0 radical (unpaired) electrons. The molecular formula is C15H26NO5PS. The lowest BCUT2D eigenvalue weighted by Crippen LogP contribution is -2.39. The molecule has 1 rings (SSSR count). The molecule has 0 aliphatic carbocycles. The molecule has 0 aromatic heterocycles. The van der Waals surface area contributed by atoms with E-state index in [9.17, 15) is 13.0 Å². The van der Waals surface area contributed by atoms with Gasteiger partial charge in [-0.05, 0) is 38.8 Å². The van der Waals surface area contributed by atoms with E-state index < -0.39 is 23.4 Å². The van der Waals surface area contributed by atoms with Crippen LogP contribution in [0.3, 0.4) is 0 Å². The smallest absolute Gasteiger partial charge is 0.308 e. The van der Waals surface area contributed by atoms with E-state index in [0.717, 1.165) is 5.56 Å². The largest absolute Gasteiger partial charge is 0.348 e. The van der Waals surface area contributed by atoms with Gasteiger partial charge in [0.25, 0.3) is 0 Å². The fourth-order valence-electron chi connectivity index (χ4n) is 2.07. The molecule has 1 unspecified atom stereocenters. The number of sulfonamides is 1.